The summed E-state index contributed by atoms with van der Waals surface area (Å²) in [5, 5.41) is 3.30. The van der Waals surface area contributed by atoms with Gasteiger partial charge in [0.25, 0.3) is 0 Å². The van der Waals surface area contributed by atoms with Crippen molar-refractivity contribution >= 4 is 15.9 Å². The smallest absolute Gasteiger partial charge is 0.351 e. The van der Waals surface area contributed by atoms with Gasteiger partial charge in [-0.2, -0.15) is 4.98 Å². The van der Waals surface area contributed by atoms with Crippen molar-refractivity contribution in [2.45, 2.75) is 25.5 Å². The van der Waals surface area contributed by atoms with E-state index in [4.69, 9.17) is 4.74 Å². The van der Waals surface area contributed by atoms with Gasteiger partial charge in [0.2, 0.25) is 5.88 Å². The molecule has 1 aromatic heterocycles. The molecule has 116 valence electrons. The van der Waals surface area contributed by atoms with Gasteiger partial charge in [0.15, 0.2) is 0 Å². The van der Waals surface area contributed by atoms with Crippen LogP contribution in [0.1, 0.15) is 24.4 Å². The first-order valence-corrected chi connectivity index (χ1v) is 8.19. The van der Waals surface area contributed by atoms with Crippen LogP contribution in [0, 0.1) is 0 Å². The summed E-state index contributed by atoms with van der Waals surface area (Å²) in [5.74, 6) is 0.346. The van der Waals surface area contributed by atoms with E-state index in [1.807, 2.05) is 30.3 Å². The van der Waals surface area contributed by atoms with Crippen molar-refractivity contribution in [3.8, 4) is 5.88 Å². The Hall–Kier alpha value is -1.66. The highest BCUT2D eigenvalue weighted by Crippen LogP contribution is 2.24. The van der Waals surface area contributed by atoms with E-state index in [2.05, 4.69) is 26.2 Å². The summed E-state index contributed by atoms with van der Waals surface area (Å²) in [6, 6.07) is 10.0. The fourth-order valence-corrected chi connectivity index (χ4v) is 3.03. The lowest BCUT2D eigenvalue weighted by atomic mass is 10.1. The molecule has 3 rings (SSSR count). The third-order valence-electron chi connectivity index (χ3n) is 3.80. The molecular weight excluding hydrogens is 346 g/mol. The lowest BCUT2D eigenvalue weighted by Crippen LogP contribution is -2.35. The Balaban J connectivity index is 1.76. The highest BCUT2D eigenvalue weighted by atomic mass is 79.9. The van der Waals surface area contributed by atoms with E-state index in [0.717, 1.165) is 31.5 Å². The molecule has 0 spiro atoms. The number of nitrogens with zero attached hydrogens (tertiary/aromatic N) is 2. The second-order valence-corrected chi connectivity index (χ2v) is 6.19. The summed E-state index contributed by atoms with van der Waals surface area (Å²) in [4.78, 5) is 16.3. The number of benzene rings is 1. The molecule has 1 aliphatic rings. The average molecular weight is 364 g/mol. The minimum Gasteiger partial charge on any atom is -0.472 e. The number of ether oxygens (including phenoxy) is 1. The molecule has 22 heavy (non-hydrogen) atoms. The summed E-state index contributed by atoms with van der Waals surface area (Å²) in [6.45, 7) is 2.26. The molecule has 1 fully saturated rings. The van der Waals surface area contributed by atoms with Crippen LogP contribution in [0.15, 0.2) is 45.8 Å². The van der Waals surface area contributed by atoms with E-state index >= 15 is 0 Å². The second kappa shape index (κ2) is 7.07. The quantitative estimate of drug-likeness (QED) is 0.906. The number of hydrogen-bond acceptors (Lipinski definition) is 4. The van der Waals surface area contributed by atoms with E-state index in [9.17, 15) is 4.79 Å². The zero-order valence-corrected chi connectivity index (χ0v) is 13.8. The van der Waals surface area contributed by atoms with Crippen molar-refractivity contribution < 1.29 is 4.74 Å². The van der Waals surface area contributed by atoms with Crippen LogP contribution in [0.25, 0.3) is 0 Å². The Labute approximate surface area is 137 Å². The van der Waals surface area contributed by atoms with Gasteiger partial charge in [-0.1, -0.05) is 30.3 Å². The molecule has 6 heteroatoms. The van der Waals surface area contributed by atoms with Gasteiger partial charge in [0.1, 0.15) is 6.61 Å². The first kappa shape index (κ1) is 15.2. The van der Waals surface area contributed by atoms with Crippen molar-refractivity contribution in [3.63, 3.8) is 0 Å². The molecule has 0 amide bonds. The zero-order chi connectivity index (χ0) is 15.4. The first-order chi connectivity index (χ1) is 10.7. The fourth-order valence-electron chi connectivity index (χ4n) is 2.60. The van der Waals surface area contributed by atoms with Gasteiger partial charge in [-0.25, -0.2) is 4.79 Å². The van der Waals surface area contributed by atoms with Crippen LogP contribution >= 0.6 is 15.9 Å². The van der Waals surface area contributed by atoms with Crippen LogP contribution < -0.4 is 15.7 Å². The fraction of sp³-hybridized carbons (Fsp3) is 0.375. The minimum absolute atomic E-state index is 0.209. The Bertz CT molecular complexity index is 682. The number of piperidine rings is 1. The maximum atomic E-state index is 12.2. The Morgan fingerprint density at radius 1 is 1.27 bits per heavy atom. The van der Waals surface area contributed by atoms with Gasteiger partial charge >= 0.3 is 5.69 Å². The van der Waals surface area contributed by atoms with Gasteiger partial charge in [0, 0.05) is 12.2 Å². The number of halogens is 1. The molecule has 1 aliphatic heterocycles. The van der Waals surface area contributed by atoms with Crippen LogP contribution in [-0.2, 0) is 6.61 Å². The van der Waals surface area contributed by atoms with E-state index in [1.165, 1.54) is 0 Å². The number of aromatic nitrogens is 2. The van der Waals surface area contributed by atoms with E-state index in [1.54, 1.807) is 10.8 Å². The lowest BCUT2D eigenvalue weighted by molar-refractivity contribution is 0.284. The van der Waals surface area contributed by atoms with E-state index in [0.29, 0.717) is 17.0 Å². The van der Waals surface area contributed by atoms with Crippen LogP contribution in [0.3, 0.4) is 0 Å². The van der Waals surface area contributed by atoms with Gasteiger partial charge < -0.3 is 10.1 Å². The summed E-state index contributed by atoms with van der Waals surface area (Å²) < 4.78 is 8.08. The van der Waals surface area contributed by atoms with E-state index in [-0.39, 0.29) is 11.7 Å². The number of nitrogens with one attached hydrogen (secondary N) is 1. The molecule has 0 radical (unpaired) electrons. The molecule has 2 aromatic rings. The monoisotopic (exact) mass is 363 g/mol. The summed E-state index contributed by atoms with van der Waals surface area (Å²) in [7, 11) is 0. The summed E-state index contributed by atoms with van der Waals surface area (Å²) >= 11 is 3.46. The Kier molecular flexibility index (Phi) is 4.90. The highest BCUT2D eigenvalue weighted by molar-refractivity contribution is 9.10. The topological polar surface area (TPSA) is 56.1 Å². The Morgan fingerprint density at radius 2 is 2.00 bits per heavy atom. The molecule has 0 bridgehead atoms. The third-order valence-corrected chi connectivity index (χ3v) is 4.34. The van der Waals surface area contributed by atoms with Crippen molar-refractivity contribution in [2.75, 3.05) is 13.1 Å². The predicted molar refractivity (Wildman–Crippen MR) is 88.1 cm³/mol. The number of hydrogen-bond donors (Lipinski definition) is 1. The standard InChI is InChI=1S/C16H18BrN3O2/c17-14-10-20(13-6-8-18-9-7-13)16(21)19-15(14)22-11-12-4-2-1-3-5-12/h1-5,10,13,18H,6-9,11H2. The largest absolute Gasteiger partial charge is 0.472 e. The summed E-state index contributed by atoms with van der Waals surface area (Å²) in [5.41, 5.74) is 0.789. The molecule has 0 aliphatic carbocycles. The van der Waals surface area contributed by atoms with Crippen molar-refractivity contribution in [2.24, 2.45) is 0 Å². The number of rotatable bonds is 4. The van der Waals surface area contributed by atoms with Crippen LogP contribution in [0.5, 0.6) is 5.88 Å². The van der Waals surface area contributed by atoms with Crippen LogP contribution in [-0.4, -0.2) is 22.6 Å². The molecule has 1 saturated heterocycles. The zero-order valence-electron chi connectivity index (χ0n) is 12.2. The second-order valence-electron chi connectivity index (χ2n) is 5.34. The van der Waals surface area contributed by atoms with Crippen molar-refractivity contribution in [1.29, 1.82) is 0 Å². The SMILES string of the molecule is O=c1nc(OCc2ccccc2)c(Br)cn1C1CCNCC1. The van der Waals surface area contributed by atoms with Crippen molar-refractivity contribution in [1.82, 2.24) is 14.9 Å². The molecule has 1 N–H and O–H groups in total. The normalized spacial score (nSPS) is 15.7. The highest BCUT2D eigenvalue weighted by Gasteiger charge is 2.18. The van der Waals surface area contributed by atoms with Crippen LogP contribution in [0.4, 0.5) is 0 Å². The molecule has 5 nitrogen and oxygen atoms in total. The minimum atomic E-state index is -0.252. The lowest BCUT2D eigenvalue weighted by Gasteiger charge is -2.24. The third kappa shape index (κ3) is 3.56. The van der Waals surface area contributed by atoms with Gasteiger partial charge in [-0.05, 0) is 47.4 Å². The molecule has 0 unspecified atom stereocenters. The molecule has 1 aromatic carbocycles. The maximum absolute atomic E-state index is 12.2. The maximum Gasteiger partial charge on any atom is 0.351 e. The van der Waals surface area contributed by atoms with Crippen LogP contribution in [0.2, 0.25) is 0 Å². The van der Waals surface area contributed by atoms with E-state index < -0.39 is 0 Å². The molecule has 0 saturated carbocycles. The first-order valence-electron chi connectivity index (χ1n) is 7.40. The molecule has 0 atom stereocenters. The average Bonchev–Trinajstić information content (AvgIpc) is 2.57. The predicted octanol–water partition coefficient (Wildman–Crippen LogP) is 2.51. The molecule has 2 heterocycles. The van der Waals surface area contributed by atoms with Crippen molar-refractivity contribution in [3.05, 3.63) is 57.0 Å². The van der Waals surface area contributed by atoms with Gasteiger partial charge in [-0.3, -0.25) is 4.57 Å². The summed E-state index contributed by atoms with van der Waals surface area (Å²) in [6.07, 6.45) is 3.68. The van der Waals surface area contributed by atoms with Gasteiger partial charge in [0.05, 0.1) is 4.47 Å². The Morgan fingerprint density at radius 3 is 2.73 bits per heavy atom. The van der Waals surface area contributed by atoms with Gasteiger partial charge in [-0.15, -0.1) is 0 Å². The molecular formula is C16H18BrN3O2.